The van der Waals surface area contributed by atoms with E-state index in [2.05, 4.69) is 15.8 Å². The normalized spacial score (nSPS) is 10.7. The minimum atomic E-state index is 0.778. The summed E-state index contributed by atoms with van der Waals surface area (Å²) >= 11 is 0. The zero-order valence-corrected chi connectivity index (χ0v) is 8.97. The average molecular weight is 197 g/mol. The van der Waals surface area contributed by atoms with Crippen molar-refractivity contribution in [3.05, 3.63) is 17.5 Å². The number of aryl methyl sites for hydroxylation is 1. The van der Waals surface area contributed by atoms with Crippen LogP contribution in [0.2, 0.25) is 0 Å². The quantitative estimate of drug-likeness (QED) is 0.642. The molecule has 0 unspecified atom stereocenters. The van der Waals surface area contributed by atoms with Crippen LogP contribution in [0.15, 0.2) is 10.6 Å². The fourth-order valence-corrected chi connectivity index (χ4v) is 1.26. The molecule has 0 aromatic carbocycles. The Kier molecular flexibility index (Phi) is 5.25. The van der Waals surface area contributed by atoms with Gasteiger partial charge in [0.2, 0.25) is 0 Å². The molecule has 1 heterocycles. The average Bonchev–Trinajstić information content (AvgIpc) is 2.58. The molecule has 4 nitrogen and oxygen atoms in total. The summed E-state index contributed by atoms with van der Waals surface area (Å²) in [6, 6.07) is 1.96. The zero-order valence-electron chi connectivity index (χ0n) is 8.97. The van der Waals surface area contributed by atoms with Crippen LogP contribution in [0.5, 0.6) is 0 Å². The number of rotatable bonds is 7. The SMILES string of the molecule is CNCCCCNCc1cc(C)no1. The van der Waals surface area contributed by atoms with Crippen LogP contribution in [-0.4, -0.2) is 25.3 Å². The summed E-state index contributed by atoms with van der Waals surface area (Å²) in [4.78, 5) is 0. The van der Waals surface area contributed by atoms with E-state index in [0.717, 1.165) is 31.1 Å². The van der Waals surface area contributed by atoms with Crippen molar-refractivity contribution < 1.29 is 4.52 Å². The summed E-state index contributed by atoms with van der Waals surface area (Å²) in [7, 11) is 1.98. The molecule has 1 rings (SSSR count). The molecule has 0 aliphatic rings. The summed E-state index contributed by atoms with van der Waals surface area (Å²) < 4.78 is 5.07. The van der Waals surface area contributed by atoms with Crippen LogP contribution >= 0.6 is 0 Å². The lowest BCUT2D eigenvalue weighted by atomic mass is 10.3. The predicted octanol–water partition coefficient (Wildman–Crippen LogP) is 1.07. The first-order chi connectivity index (χ1) is 6.83. The van der Waals surface area contributed by atoms with Gasteiger partial charge in [0.05, 0.1) is 12.2 Å². The Hall–Kier alpha value is -0.870. The Morgan fingerprint density at radius 1 is 1.36 bits per heavy atom. The van der Waals surface area contributed by atoms with Crippen LogP contribution in [-0.2, 0) is 6.54 Å². The number of hydrogen-bond acceptors (Lipinski definition) is 4. The van der Waals surface area contributed by atoms with Crippen LogP contribution < -0.4 is 10.6 Å². The van der Waals surface area contributed by atoms with Crippen LogP contribution in [0.3, 0.4) is 0 Å². The topological polar surface area (TPSA) is 50.1 Å². The molecule has 0 radical (unpaired) electrons. The highest BCUT2D eigenvalue weighted by Crippen LogP contribution is 2.00. The first-order valence-electron chi connectivity index (χ1n) is 5.10. The largest absolute Gasteiger partial charge is 0.360 e. The second-order valence-corrected chi connectivity index (χ2v) is 3.42. The molecule has 0 fully saturated rings. The van der Waals surface area contributed by atoms with E-state index >= 15 is 0 Å². The van der Waals surface area contributed by atoms with E-state index in [0.29, 0.717) is 0 Å². The number of nitrogens with zero attached hydrogens (tertiary/aromatic N) is 1. The number of hydrogen-bond donors (Lipinski definition) is 2. The van der Waals surface area contributed by atoms with Gasteiger partial charge in [0, 0.05) is 6.07 Å². The highest BCUT2D eigenvalue weighted by molar-refractivity contribution is 5.02. The Labute approximate surface area is 85.1 Å². The van der Waals surface area contributed by atoms with Gasteiger partial charge in [0.15, 0.2) is 5.76 Å². The maximum absolute atomic E-state index is 5.07. The van der Waals surface area contributed by atoms with Crippen LogP contribution in [0.25, 0.3) is 0 Å². The first kappa shape index (κ1) is 11.2. The van der Waals surface area contributed by atoms with Crippen LogP contribution in [0.1, 0.15) is 24.3 Å². The molecule has 2 N–H and O–H groups in total. The van der Waals surface area contributed by atoms with E-state index < -0.39 is 0 Å². The van der Waals surface area contributed by atoms with Gasteiger partial charge in [0.25, 0.3) is 0 Å². The summed E-state index contributed by atoms with van der Waals surface area (Å²) in [5.74, 6) is 0.913. The standard InChI is InChI=1S/C10H19N3O/c1-9-7-10(14-13-9)8-12-6-4-3-5-11-2/h7,11-12H,3-6,8H2,1-2H3. The molecule has 4 heteroatoms. The van der Waals surface area contributed by atoms with Gasteiger partial charge in [-0.2, -0.15) is 0 Å². The molecule has 0 spiro atoms. The van der Waals surface area contributed by atoms with Crippen molar-refractivity contribution in [2.75, 3.05) is 20.1 Å². The third-order valence-electron chi connectivity index (χ3n) is 2.01. The van der Waals surface area contributed by atoms with E-state index in [1.54, 1.807) is 0 Å². The van der Waals surface area contributed by atoms with Gasteiger partial charge >= 0.3 is 0 Å². The Morgan fingerprint density at radius 2 is 2.14 bits per heavy atom. The summed E-state index contributed by atoms with van der Waals surface area (Å²) in [5.41, 5.74) is 0.942. The fourth-order valence-electron chi connectivity index (χ4n) is 1.26. The van der Waals surface area contributed by atoms with E-state index in [-0.39, 0.29) is 0 Å². The summed E-state index contributed by atoms with van der Waals surface area (Å²) in [6.45, 7) is 4.82. The van der Waals surface area contributed by atoms with Gasteiger partial charge in [-0.05, 0) is 39.9 Å². The highest BCUT2D eigenvalue weighted by Gasteiger charge is 1.98. The number of nitrogens with one attached hydrogen (secondary N) is 2. The Balaban J connectivity index is 1.99. The predicted molar refractivity (Wildman–Crippen MR) is 56.1 cm³/mol. The van der Waals surface area contributed by atoms with Crippen LogP contribution in [0, 0.1) is 6.92 Å². The lowest BCUT2D eigenvalue weighted by Crippen LogP contribution is -2.16. The zero-order chi connectivity index (χ0) is 10.2. The van der Waals surface area contributed by atoms with Crippen molar-refractivity contribution in [2.24, 2.45) is 0 Å². The lowest BCUT2D eigenvalue weighted by molar-refractivity contribution is 0.369. The van der Waals surface area contributed by atoms with Gasteiger partial charge in [0.1, 0.15) is 0 Å². The number of unbranched alkanes of at least 4 members (excludes halogenated alkanes) is 1. The van der Waals surface area contributed by atoms with Crippen molar-refractivity contribution in [2.45, 2.75) is 26.3 Å². The molecule has 1 aromatic heterocycles. The van der Waals surface area contributed by atoms with Gasteiger partial charge in [-0.3, -0.25) is 0 Å². The molecule has 0 aliphatic carbocycles. The Bertz CT molecular complexity index is 247. The van der Waals surface area contributed by atoms with Crippen molar-refractivity contribution in [1.82, 2.24) is 15.8 Å². The van der Waals surface area contributed by atoms with E-state index in [9.17, 15) is 0 Å². The smallest absolute Gasteiger partial charge is 0.150 e. The lowest BCUT2D eigenvalue weighted by Gasteiger charge is -2.01. The molecule has 0 atom stereocenters. The maximum atomic E-state index is 5.07. The molecule has 1 aromatic rings. The minimum absolute atomic E-state index is 0.778. The second-order valence-electron chi connectivity index (χ2n) is 3.42. The third kappa shape index (κ3) is 4.39. The highest BCUT2D eigenvalue weighted by atomic mass is 16.5. The second kappa shape index (κ2) is 6.56. The first-order valence-corrected chi connectivity index (χ1v) is 5.10. The molecular weight excluding hydrogens is 178 g/mol. The van der Waals surface area contributed by atoms with Gasteiger partial charge < -0.3 is 15.2 Å². The van der Waals surface area contributed by atoms with E-state index in [1.807, 2.05) is 20.0 Å². The molecule has 0 amide bonds. The molecule has 14 heavy (non-hydrogen) atoms. The van der Waals surface area contributed by atoms with Gasteiger partial charge in [-0.25, -0.2) is 0 Å². The molecule has 0 aliphatic heterocycles. The van der Waals surface area contributed by atoms with Crippen LogP contribution in [0.4, 0.5) is 0 Å². The molecule has 0 bridgehead atoms. The van der Waals surface area contributed by atoms with Crippen molar-refractivity contribution in [3.8, 4) is 0 Å². The molecular formula is C10H19N3O. The fraction of sp³-hybridized carbons (Fsp3) is 0.700. The molecule has 0 saturated heterocycles. The monoisotopic (exact) mass is 197 g/mol. The maximum Gasteiger partial charge on any atom is 0.150 e. The van der Waals surface area contributed by atoms with E-state index in [1.165, 1.54) is 12.8 Å². The van der Waals surface area contributed by atoms with Crippen molar-refractivity contribution in [3.63, 3.8) is 0 Å². The van der Waals surface area contributed by atoms with Crippen molar-refractivity contribution in [1.29, 1.82) is 0 Å². The minimum Gasteiger partial charge on any atom is -0.360 e. The third-order valence-corrected chi connectivity index (χ3v) is 2.01. The Morgan fingerprint density at radius 3 is 2.79 bits per heavy atom. The summed E-state index contributed by atoms with van der Waals surface area (Å²) in [6.07, 6.45) is 2.40. The number of aromatic nitrogens is 1. The van der Waals surface area contributed by atoms with E-state index in [4.69, 9.17) is 4.52 Å². The molecule has 80 valence electrons. The van der Waals surface area contributed by atoms with Gasteiger partial charge in [-0.15, -0.1) is 0 Å². The summed E-state index contributed by atoms with van der Waals surface area (Å²) in [5, 5.41) is 10.3. The van der Waals surface area contributed by atoms with Gasteiger partial charge in [-0.1, -0.05) is 5.16 Å². The van der Waals surface area contributed by atoms with Crippen molar-refractivity contribution >= 4 is 0 Å². The molecule has 0 saturated carbocycles.